The molecule has 4 aromatic rings. The first-order valence-electron chi connectivity index (χ1n) is 11.8. The highest BCUT2D eigenvalue weighted by Crippen LogP contribution is 2.36. The molecule has 0 aliphatic heterocycles. The third kappa shape index (κ3) is 5.73. The second-order valence-corrected chi connectivity index (χ2v) is 9.05. The lowest BCUT2D eigenvalue weighted by molar-refractivity contribution is 0.0828. The van der Waals surface area contributed by atoms with Crippen molar-refractivity contribution >= 4 is 28.7 Å². The average molecular weight is 502 g/mol. The van der Waals surface area contributed by atoms with Gasteiger partial charge in [-0.15, -0.1) is 0 Å². The summed E-state index contributed by atoms with van der Waals surface area (Å²) in [4.78, 5) is 36.5. The first-order chi connectivity index (χ1) is 17.8. The van der Waals surface area contributed by atoms with Gasteiger partial charge in [0.2, 0.25) is 0 Å². The molecule has 0 aliphatic carbocycles. The molecule has 4 rings (SSSR count). The zero-order valence-corrected chi connectivity index (χ0v) is 21.7. The van der Waals surface area contributed by atoms with Gasteiger partial charge in [-0.2, -0.15) is 0 Å². The maximum absolute atomic E-state index is 13.0. The number of ether oxygens (including phenoxy) is 2. The highest BCUT2D eigenvalue weighted by molar-refractivity contribution is 6.04. The molecule has 0 bridgehead atoms. The summed E-state index contributed by atoms with van der Waals surface area (Å²) in [6.45, 7) is 0.839. The number of carbonyl (C=O) groups is 2. The number of anilines is 1. The van der Waals surface area contributed by atoms with Crippen LogP contribution in [0.4, 0.5) is 10.5 Å². The second-order valence-electron chi connectivity index (χ2n) is 9.05. The Morgan fingerprint density at radius 1 is 1.00 bits per heavy atom. The van der Waals surface area contributed by atoms with Gasteiger partial charge in [0, 0.05) is 55.1 Å². The van der Waals surface area contributed by atoms with Crippen LogP contribution in [0.1, 0.15) is 10.4 Å². The largest absolute Gasteiger partial charge is 0.496 e. The molecule has 0 saturated heterocycles. The Hall–Kier alpha value is -4.37. The number of likely N-dealkylation sites (N-methyl/N-ethyl adjacent to an activating group) is 1. The van der Waals surface area contributed by atoms with Gasteiger partial charge < -0.3 is 24.3 Å². The number of pyridine rings is 1. The molecule has 192 valence electrons. The summed E-state index contributed by atoms with van der Waals surface area (Å²) in [7, 11) is 8.77. The Morgan fingerprint density at radius 3 is 2.51 bits per heavy atom. The van der Waals surface area contributed by atoms with Crippen molar-refractivity contribution in [1.82, 2.24) is 19.8 Å². The standard InChI is InChI=1S/C28H31N5O4/c1-32(2)12-13-37-28(35)31-24-11-10-18(14-22(24)27(34)33(3)4)19-15-21-23(17-30-26(21)29-16-19)20-8-6-7-9-25(20)36-5/h6-11,14-17H,12-13H2,1-5H3,(H,29,30)(H,31,35). The third-order valence-electron chi connectivity index (χ3n) is 5.93. The molecule has 9 nitrogen and oxygen atoms in total. The number of amides is 2. The Morgan fingerprint density at radius 2 is 1.78 bits per heavy atom. The van der Waals surface area contributed by atoms with Gasteiger partial charge >= 0.3 is 6.09 Å². The van der Waals surface area contributed by atoms with E-state index in [1.807, 2.05) is 61.6 Å². The summed E-state index contributed by atoms with van der Waals surface area (Å²) in [5.74, 6) is 0.524. The minimum Gasteiger partial charge on any atom is -0.496 e. The Labute approximate surface area is 216 Å². The van der Waals surface area contributed by atoms with E-state index in [9.17, 15) is 9.59 Å². The molecule has 0 fully saturated rings. The summed E-state index contributed by atoms with van der Waals surface area (Å²) >= 11 is 0. The van der Waals surface area contributed by atoms with Crippen molar-refractivity contribution in [2.75, 3.05) is 53.8 Å². The number of hydrogen-bond donors (Lipinski definition) is 2. The summed E-state index contributed by atoms with van der Waals surface area (Å²) in [6, 6.07) is 15.2. The van der Waals surface area contributed by atoms with Crippen LogP contribution >= 0.6 is 0 Å². The van der Waals surface area contributed by atoms with Gasteiger partial charge in [0.15, 0.2) is 0 Å². The molecule has 2 amide bonds. The van der Waals surface area contributed by atoms with Crippen LogP contribution < -0.4 is 10.1 Å². The summed E-state index contributed by atoms with van der Waals surface area (Å²) < 4.78 is 10.8. The van der Waals surface area contributed by atoms with E-state index < -0.39 is 6.09 Å². The fourth-order valence-electron chi connectivity index (χ4n) is 3.97. The number of para-hydroxylation sites is 1. The van der Waals surface area contributed by atoms with E-state index in [2.05, 4.69) is 15.3 Å². The fraction of sp³-hybridized carbons (Fsp3) is 0.250. The molecule has 0 unspecified atom stereocenters. The maximum Gasteiger partial charge on any atom is 0.411 e. The molecule has 2 aromatic heterocycles. The van der Waals surface area contributed by atoms with Crippen molar-refractivity contribution in [2.45, 2.75) is 0 Å². The smallest absolute Gasteiger partial charge is 0.411 e. The highest BCUT2D eigenvalue weighted by atomic mass is 16.5. The lowest BCUT2D eigenvalue weighted by atomic mass is 9.99. The number of hydrogen-bond acceptors (Lipinski definition) is 6. The Balaban J connectivity index is 1.70. The normalized spacial score (nSPS) is 11.0. The SMILES string of the molecule is COc1ccccc1-c1c[nH]c2ncc(-c3ccc(NC(=O)OCCN(C)C)c(C(=O)N(C)C)c3)cc12. The van der Waals surface area contributed by atoms with E-state index in [4.69, 9.17) is 9.47 Å². The van der Waals surface area contributed by atoms with Crippen LogP contribution in [0.25, 0.3) is 33.3 Å². The molecule has 0 atom stereocenters. The summed E-state index contributed by atoms with van der Waals surface area (Å²) in [6.07, 6.45) is 3.06. The van der Waals surface area contributed by atoms with Crippen LogP contribution in [0.3, 0.4) is 0 Å². The molecule has 9 heteroatoms. The van der Waals surface area contributed by atoms with Crippen molar-refractivity contribution < 1.29 is 19.1 Å². The highest BCUT2D eigenvalue weighted by Gasteiger charge is 2.18. The van der Waals surface area contributed by atoms with Crippen LogP contribution in [-0.4, -0.2) is 80.2 Å². The molecule has 2 N–H and O–H groups in total. The molecular weight excluding hydrogens is 470 g/mol. The van der Waals surface area contributed by atoms with Crippen LogP contribution in [0.15, 0.2) is 60.9 Å². The maximum atomic E-state index is 13.0. The lowest BCUT2D eigenvalue weighted by Gasteiger charge is -2.17. The van der Waals surface area contributed by atoms with E-state index in [1.54, 1.807) is 39.5 Å². The lowest BCUT2D eigenvalue weighted by Crippen LogP contribution is -2.25. The monoisotopic (exact) mass is 501 g/mol. The number of benzene rings is 2. The van der Waals surface area contributed by atoms with Crippen molar-refractivity contribution in [3.05, 3.63) is 66.5 Å². The Kier molecular flexibility index (Phi) is 7.74. The van der Waals surface area contributed by atoms with Gasteiger partial charge in [0.05, 0.1) is 18.4 Å². The molecule has 37 heavy (non-hydrogen) atoms. The van der Waals surface area contributed by atoms with Gasteiger partial charge in [-0.05, 0) is 43.9 Å². The van der Waals surface area contributed by atoms with Crippen molar-refractivity contribution in [3.8, 4) is 28.0 Å². The van der Waals surface area contributed by atoms with Crippen LogP contribution in [-0.2, 0) is 4.74 Å². The fourth-order valence-corrected chi connectivity index (χ4v) is 3.97. The molecule has 0 aliphatic rings. The molecular formula is C28H31N5O4. The molecule has 0 spiro atoms. The number of H-pyrrole nitrogens is 1. The third-order valence-corrected chi connectivity index (χ3v) is 5.93. The molecule has 0 radical (unpaired) electrons. The number of rotatable bonds is 8. The number of aromatic nitrogens is 2. The minimum atomic E-state index is -0.612. The number of fused-ring (bicyclic) bond motifs is 1. The summed E-state index contributed by atoms with van der Waals surface area (Å²) in [5.41, 5.74) is 5.01. The number of methoxy groups -OCH3 is 1. The van der Waals surface area contributed by atoms with E-state index >= 15 is 0 Å². The van der Waals surface area contributed by atoms with Gasteiger partial charge in [0.1, 0.15) is 18.0 Å². The number of nitrogens with one attached hydrogen (secondary N) is 2. The van der Waals surface area contributed by atoms with Gasteiger partial charge in [-0.25, -0.2) is 9.78 Å². The van der Waals surface area contributed by atoms with E-state index in [0.29, 0.717) is 17.8 Å². The number of nitrogens with zero attached hydrogens (tertiary/aromatic N) is 3. The van der Waals surface area contributed by atoms with Gasteiger partial charge in [-0.1, -0.05) is 24.3 Å². The molecule has 2 heterocycles. The zero-order chi connectivity index (χ0) is 26.5. The first-order valence-corrected chi connectivity index (χ1v) is 11.8. The van der Waals surface area contributed by atoms with E-state index in [0.717, 1.165) is 39.0 Å². The van der Waals surface area contributed by atoms with Gasteiger partial charge in [-0.3, -0.25) is 10.1 Å². The van der Waals surface area contributed by atoms with Crippen LogP contribution in [0.2, 0.25) is 0 Å². The number of aromatic amines is 1. The van der Waals surface area contributed by atoms with Crippen molar-refractivity contribution in [1.29, 1.82) is 0 Å². The summed E-state index contributed by atoms with van der Waals surface area (Å²) in [5, 5.41) is 3.63. The van der Waals surface area contributed by atoms with Crippen molar-refractivity contribution in [3.63, 3.8) is 0 Å². The van der Waals surface area contributed by atoms with Crippen LogP contribution in [0.5, 0.6) is 5.75 Å². The second kappa shape index (κ2) is 11.1. The van der Waals surface area contributed by atoms with Crippen molar-refractivity contribution in [2.24, 2.45) is 0 Å². The Bertz CT molecular complexity index is 1430. The topological polar surface area (TPSA) is 99.8 Å². The van der Waals surface area contributed by atoms with Crippen LogP contribution in [0, 0.1) is 0 Å². The first kappa shape index (κ1) is 25.7. The van der Waals surface area contributed by atoms with E-state index in [1.165, 1.54) is 4.90 Å². The zero-order valence-electron chi connectivity index (χ0n) is 21.7. The average Bonchev–Trinajstić information content (AvgIpc) is 3.31. The quantitative estimate of drug-likeness (QED) is 0.363. The molecule has 2 aromatic carbocycles. The predicted octanol–water partition coefficient (Wildman–Crippen LogP) is 4.72. The molecule has 0 saturated carbocycles. The van der Waals surface area contributed by atoms with Gasteiger partial charge in [0.25, 0.3) is 5.91 Å². The predicted molar refractivity (Wildman–Crippen MR) is 145 cm³/mol. The van der Waals surface area contributed by atoms with E-state index in [-0.39, 0.29) is 12.5 Å². The minimum absolute atomic E-state index is 0.240. The number of carbonyl (C=O) groups excluding carboxylic acids is 2.